The SMILES string of the molecule is CCOc1ccc(C(=O)c2cc(Br)sc2C)cc1. The third kappa shape index (κ3) is 2.82. The highest BCUT2D eigenvalue weighted by molar-refractivity contribution is 9.11. The van der Waals surface area contributed by atoms with E-state index in [2.05, 4.69) is 15.9 Å². The lowest BCUT2D eigenvalue weighted by molar-refractivity contribution is 0.103. The topological polar surface area (TPSA) is 26.3 Å². The molecule has 0 amide bonds. The monoisotopic (exact) mass is 324 g/mol. The molecular weight excluding hydrogens is 312 g/mol. The van der Waals surface area contributed by atoms with Crippen molar-refractivity contribution in [2.45, 2.75) is 13.8 Å². The maximum atomic E-state index is 12.3. The second kappa shape index (κ2) is 5.67. The van der Waals surface area contributed by atoms with Crippen LogP contribution in [0.15, 0.2) is 34.1 Å². The van der Waals surface area contributed by atoms with Gasteiger partial charge >= 0.3 is 0 Å². The number of carbonyl (C=O) groups excluding carboxylic acids is 1. The van der Waals surface area contributed by atoms with Crippen LogP contribution in [0.2, 0.25) is 0 Å². The summed E-state index contributed by atoms with van der Waals surface area (Å²) in [5, 5.41) is 0. The number of aryl methyl sites for hydroxylation is 1. The molecule has 4 heteroatoms. The molecule has 0 aliphatic carbocycles. The third-order valence-corrected chi connectivity index (χ3v) is 4.11. The van der Waals surface area contributed by atoms with Crippen LogP contribution in [0.3, 0.4) is 0 Å². The van der Waals surface area contributed by atoms with Crippen LogP contribution in [-0.2, 0) is 0 Å². The van der Waals surface area contributed by atoms with E-state index in [1.165, 1.54) is 0 Å². The van der Waals surface area contributed by atoms with Crippen molar-refractivity contribution in [3.05, 3.63) is 50.1 Å². The molecule has 0 bridgehead atoms. The van der Waals surface area contributed by atoms with Gasteiger partial charge in [-0.1, -0.05) is 0 Å². The van der Waals surface area contributed by atoms with Crippen molar-refractivity contribution in [2.24, 2.45) is 0 Å². The van der Waals surface area contributed by atoms with E-state index in [0.29, 0.717) is 12.2 Å². The number of thiophene rings is 1. The summed E-state index contributed by atoms with van der Waals surface area (Å²) in [5.74, 6) is 0.842. The number of hydrogen-bond donors (Lipinski definition) is 0. The van der Waals surface area contributed by atoms with Gasteiger partial charge in [0.15, 0.2) is 5.78 Å². The Bertz CT molecular complexity index is 558. The summed E-state index contributed by atoms with van der Waals surface area (Å²) >= 11 is 4.98. The third-order valence-electron chi connectivity index (χ3n) is 2.56. The standard InChI is InChI=1S/C14H13BrO2S/c1-3-17-11-6-4-10(5-7-11)14(16)12-8-13(15)18-9(12)2/h4-8H,3H2,1-2H3. The molecule has 0 aliphatic heterocycles. The zero-order valence-electron chi connectivity index (χ0n) is 10.2. The zero-order chi connectivity index (χ0) is 13.1. The zero-order valence-corrected chi connectivity index (χ0v) is 12.6. The fraction of sp³-hybridized carbons (Fsp3) is 0.214. The van der Waals surface area contributed by atoms with E-state index in [1.807, 2.05) is 32.0 Å². The minimum absolute atomic E-state index is 0.0532. The van der Waals surface area contributed by atoms with Crippen LogP contribution in [0.5, 0.6) is 5.75 Å². The summed E-state index contributed by atoms with van der Waals surface area (Å²) in [4.78, 5) is 13.3. The van der Waals surface area contributed by atoms with Gasteiger partial charge in [0.25, 0.3) is 0 Å². The van der Waals surface area contributed by atoms with E-state index >= 15 is 0 Å². The van der Waals surface area contributed by atoms with Gasteiger partial charge in [0, 0.05) is 16.0 Å². The van der Waals surface area contributed by atoms with Crippen LogP contribution in [0.4, 0.5) is 0 Å². The molecule has 2 rings (SSSR count). The van der Waals surface area contributed by atoms with Crippen molar-refractivity contribution in [3.8, 4) is 5.75 Å². The number of rotatable bonds is 4. The highest BCUT2D eigenvalue weighted by Gasteiger charge is 2.14. The van der Waals surface area contributed by atoms with Crippen molar-refractivity contribution < 1.29 is 9.53 Å². The molecular formula is C14H13BrO2S. The molecule has 1 heterocycles. The lowest BCUT2D eigenvalue weighted by Crippen LogP contribution is -2.01. The summed E-state index contributed by atoms with van der Waals surface area (Å²) < 4.78 is 6.34. The number of carbonyl (C=O) groups is 1. The first-order valence-electron chi connectivity index (χ1n) is 5.65. The molecule has 2 nitrogen and oxygen atoms in total. The maximum absolute atomic E-state index is 12.3. The van der Waals surface area contributed by atoms with Crippen LogP contribution in [0.25, 0.3) is 0 Å². The normalized spacial score (nSPS) is 10.4. The minimum atomic E-state index is 0.0532. The molecule has 0 radical (unpaired) electrons. The van der Waals surface area contributed by atoms with Gasteiger partial charge in [-0.25, -0.2) is 0 Å². The lowest BCUT2D eigenvalue weighted by atomic mass is 10.0. The largest absolute Gasteiger partial charge is 0.494 e. The van der Waals surface area contributed by atoms with Crippen molar-refractivity contribution >= 4 is 33.0 Å². The molecule has 18 heavy (non-hydrogen) atoms. The van der Waals surface area contributed by atoms with Crippen LogP contribution in [0.1, 0.15) is 27.7 Å². The quantitative estimate of drug-likeness (QED) is 0.777. The van der Waals surface area contributed by atoms with Crippen LogP contribution in [0, 0.1) is 6.92 Å². The Balaban J connectivity index is 2.26. The Hall–Kier alpha value is -1.13. The molecule has 0 aliphatic rings. The van der Waals surface area contributed by atoms with Crippen molar-refractivity contribution in [2.75, 3.05) is 6.61 Å². The van der Waals surface area contributed by atoms with Gasteiger partial charge in [-0.2, -0.15) is 0 Å². The molecule has 2 aromatic rings. The average molecular weight is 325 g/mol. The summed E-state index contributed by atoms with van der Waals surface area (Å²) in [6.07, 6.45) is 0. The fourth-order valence-corrected chi connectivity index (χ4v) is 3.38. The van der Waals surface area contributed by atoms with E-state index in [4.69, 9.17) is 4.74 Å². The average Bonchev–Trinajstić information content (AvgIpc) is 2.69. The fourth-order valence-electron chi connectivity index (χ4n) is 1.70. The second-order valence-electron chi connectivity index (χ2n) is 3.81. The maximum Gasteiger partial charge on any atom is 0.194 e. The van der Waals surface area contributed by atoms with Gasteiger partial charge in [0.2, 0.25) is 0 Å². The number of benzene rings is 1. The van der Waals surface area contributed by atoms with Crippen molar-refractivity contribution in [1.29, 1.82) is 0 Å². The van der Waals surface area contributed by atoms with Gasteiger partial charge in [0.05, 0.1) is 10.4 Å². The number of hydrogen-bond acceptors (Lipinski definition) is 3. The molecule has 0 fully saturated rings. The Morgan fingerprint density at radius 3 is 2.50 bits per heavy atom. The smallest absolute Gasteiger partial charge is 0.194 e. The molecule has 0 saturated heterocycles. The van der Waals surface area contributed by atoms with Gasteiger partial charge in [-0.15, -0.1) is 11.3 Å². The van der Waals surface area contributed by atoms with E-state index in [0.717, 1.165) is 20.0 Å². The Kier molecular flexibility index (Phi) is 4.19. The Morgan fingerprint density at radius 1 is 1.33 bits per heavy atom. The second-order valence-corrected chi connectivity index (χ2v) is 6.44. The summed E-state index contributed by atoms with van der Waals surface area (Å²) in [7, 11) is 0. The lowest BCUT2D eigenvalue weighted by Gasteiger charge is -2.04. The van der Waals surface area contributed by atoms with E-state index in [1.54, 1.807) is 23.5 Å². The highest BCUT2D eigenvalue weighted by Crippen LogP contribution is 2.28. The van der Waals surface area contributed by atoms with E-state index < -0.39 is 0 Å². The van der Waals surface area contributed by atoms with E-state index in [-0.39, 0.29) is 5.78 Å². The first kappa shape index (κ1) is 13.3. The first-order valence-corrected chi connectivity index (χ1v) is 7.26. The molecule has 1 aromatic heterocycles. The molecule has 94 valence electrons. The number of ether oxygens (including phenoxy) is 1. The Morgan fingerprint density at radius 2 is 2.00 bits per heavy atom. The van der Waals surface area contributed by atoms with Crippen LogP contribution < -0.4 is 4.74 Å². The van der Waals surface area contributed by atoms with Gasteiger partial charge < -0.3 is 4.74 Å². The molecule has 0 unspecified atom stereocenters. The highest BCUT2D eigenvalue weighted by atomic mass is 79.9. The number of halogens is 1. The summed E-state index contributed by atoms with van der Waals surface area (Å²) in [5.41, 5.74) is 1.45. The predicted molar refractivity (Wildman–Crippen MR) is 77.8 cm³/mol. The van der Waals surface area contributed by atoms with Crippen LogP contribution >= 0.6 is 27.3 Å². The summed E-state index contributed by atoms with van der Waals surface area (Å²) in [6.45, 7) is 4.52. The Labute approximate surface area is 119 Å². The predicted octanol–water partition coefficient (Wildman–Crippen LogP) is 4.45. The molecule has 0 N–H and O–H groups in total. The van der Waals surface area contributed by atoms with Crippen molar-refractivity contribution in [3.63, 3.8) is 0 Å². The molecule has 0 spiro atoms. The van der Waals surface area contributed by atoms with Gasteiger partial charge in [0.1, 0.15) is 5.75 Å². The molecule has 0 saturated carbocycles. The number of ketones is 1. The minimum Gasteiger partial charge on any atom is -0.494 e. The van der Waals surface area contributed by atoms with E-state index in [9.17, 15) is 4.79 Å². The molecule has 0 atom stereocenters. The molecule has 1 aromatic carbocycles. The van der Waals surface area contributed by atoms with Gasteiger partial charge in [-0.05, 0) is 60.1 Å². The first-order chi connectivity index (χ1) is 8.61. The summed E-state index contributed by atoms with van der Waals surface area (Å²) in [6, 6.07) is 9.14. The van der Waals surface area contributed by atoms with Gasteiger partial charge in [-0.3, -0.25) is 4.79 Å². The van der Waals surface area contributed by atoms with Crippen molar-refractivity contribution in [1.82, 2.24) is 0 Å². The van der Waals surface area contributed by atoms with Crippen LogP contribution in [-0.4, -0.2) is 12.4 Å².